The molecule has 0 radical (unpaired) electrons. The average Bonchev–Trinajstić information content (AvgIpc) is 3.81. The van der Waals surface area contributed by atoms with Crippen LogP contribution in [0.25, 0.3) is 17.3 Å². The van der Waals surface area contributed by atoms with Crippen molar-refractivity contribution >= 4 is 23.6 Å². The van der Waals surface area contributed by atoms with E-state index in [1.165, 1.54) is 42.5 Å². The van der Waals surface area contributed by atoms with Crippen LogP contribution >= 0.6 is 0 Å². The number of hydrogen-bond donors (Lipinski definition) is 4. The SMILES string of the molecule is CC1=Cc2cc(C(=O)NC[C@@](O)(C3=CC3)c3cc4c(c(-c5ccc(F)cc5)n3)OC[C@]4(CF)C(N)=O)cc(OC(F)F)c2NC1C. The molecule has 1 aromatic heterocycles. The van der Waals surface area contributed by atoms with E-state index in [-0.39, 0.29) is 40.1 Å². The molecule has 3 aromatic rings. The smallest absolute Gasteiger partial charge is 0.387 e. The number of aliphatic hydroxyl groups is 1. The molecule has 3 heterocycles. The van der Waals surface area contributed by atoms with Crippen molar-refractivity contribution in [1.82, 2.24) is 10.3 Å². The van der Waals surface area contributed by atoms with Gasteiger partial charge in [0.2, 0.25) is 5.91 Å². The molecule has 9 nitrogen and oxygen atoms in total. The Morgan fingerprint density at radius 2 is 1.98 bits per heavy atom. The van der Waals surface area contributed by atoms with E-state index in [1.54, 1.807) is 12.2 Å². The van der Waals surface area contributed by atoms with Crippen LogP contribution in [0, 0.1) is 5.82 Å². The number of anilines is 1. The normalized spacial score (nSPS) is 20.7. The highest BCUT2D eigenvalue weighted by Gasteiger charge is 2.50. The molecule has 6 rings (SSSR count). The number of allylic oxidation sites excluding steroid dienone is 1. The molecular formula is C33H30F4N4O5. The van der Waals surface area contributed by atoms with Crippen molar-refractivity contribution < 1.29 is 41.7 Å². The number of ether oxygens (including phenoxy) is 2. The molecule has 2 aliphatic heterocycles. The van der Waals surface area contributed by atoms with Crippen LogP contribution in [0.4, 0.5) is 23.2 Å². The molecular weight excluding hydrogens is 608 g/mol. The molecule has 5 N–H and O–H groups in total. The average molecular weight is 639 g/mol. The standard InChI is InChI=1S/C33H30F4N4O5/c1-16-9-19-10-20(11-24(46-31(36)37)26(19)40-17(16)2)29(42)39-14-33(44,21-5-6-21)25-12-23-28(45-15-32(23,13-34)30(38)43)27(41-25)18-3-7-22(35)8-4-18/h3-5,7-12,17,31,40,44H,6,13-15H2,1-2H3,(H2,38,43)(H,39,42)/t17?,32-,33+/m0/s1. The summed E-state index contributed by atoms with van der Waals surface area (Å²) in [5, 5.41) is 17.8. The first-order chi connectivity index (χ1) is 21.9. The van der Waals surface area contributed by atoms with E-state index in [4.69, 9.17) is 15.2 Å². The van der Waals surface area contributed by atoms with E-state index in [0.717, 1.165) is 5.57 Å². The van der Waals surface area contributed by atoms with E-state index < -0.39 is 55.1 Å². The van der Waals surface area contributed by atoms with Gasteiger partial charge in [-0.2, -0.15) is 8.78 Å². The second-order valence-electron chi connectivity index (χ2n) is 11.7. The lowest BCUT2D eigenvalue weighted by Gasteiger charge is -2.29. The van der Waals surface area contributed by atoms with Gasteiger partial charge in [0.05, 0.1) is 17.9 Å². The minimum atomic E-state index is -3.14. The van der Waals surface area contributed by atoms with Gasteiger partial charge >= 0.3 is 6.61 Å². The van der Waals surface area contributed by atoms with Gasteiger partial charge in [-0.3, -0.25) is 9.59 Å². The summed E-state index contributed by atoms with van der Waals surface area (Å²) in [6.45, 7) is -1.46. The molecule has 1 unspecified atom stereocenters. The lowest BCUT2D eigenvalue weighted by molar-refractivity contribution is -0.124. The lowest BCUT2D eigenvalue weighted by Crippen LogP contribution is -2.45. The maximum Gasteiger partial charge on any atom is 0.387 e. The third-order valence-corrected chi connectivity index (χ3v) is 8.67. The number of benzene rings is 2. The molecule has 0 saturated heterocycles. The van der Waals surface area contributed by atoms with Crippen molar-refractivity contribution in [2.24, 2.45) is 5.73 Å². The number of fused-ring (bicyclic) bond motifs is 2. The number of primary amides is 1. The number of nitrogens with one attached hydrogen (secondary N) is 2. The molecule has 0 bridgehead atoms. The Bertz CT molecular complexity index is 1810. The second kappa shape index (κ2) is 11.5. The van der Waals surface area contributed by atoms with Gasteiger partial charge < -0.3 is 30.9 Å². The predicted octanol–water partition coefficient (Wildman–Crippen LogP) is 4.74. The maximum atomic E-state index is 14.5. The number of nitrogens with two attached hydrogens (primary N) is 1. The minimum Gasteiger partial charge on any atom is -0.489 e. The molecule has 240 valence electrons. The number of rotatable bonds is 10. The van der Waals surface area contributed by atoms with Crippen LogP contribution < -0.4 is 25.8 Å². The Balaban J connectivity index is 1.39. The van der Waals surface area contributed by atoms with Crippen LogP contribution in [0.1, 0.15) is 47.4 Å². The Kier molecular flexibility index (Phi) is 7.75. The van der Waals surface area contributed by atoms with Crippen LogP contribution in [0.2, 0.25) is 0 Å². The molecule has 0 spiro atoms. The Morgan fingerprint density at radius 3 is 2.61 bits per heavy atom. The molecule has 0 fully saturated rings. The first-order valence-corrected chi connectivity index (χ1v) is 14.4. The number of amides is 2. The molecule has 3 atom stereocenters. The molecule has 2 amide bonds. The largest absolute Gasteiger partial charge is 0.489 e. The summed E-state index contributed by atoms with van der Waals surface area (Å²) in [4.78, 5) is 30.7. The first-order valence-electron chi connectivity index (χ1n) is 14.4. The predicted molar refractivity (Wildman–Crippen MR) is 161 cm³/mol. The van der Waals surface area contributed by atoms with Gasteiger partial charge in [0.15, 0.2) is 5.75 Å². The summed E-state index contributed by atoms with van der Waals surface area (Å²) in [6.07, 6.45) is 3.84. The number of alkyl halides is 3. The molecule has 3 aliphatic rings. The molecule has 1 aliphatic carbocycles. The van der Waals surface area contributed by atoms with Crippen molar-refractivity contribution in [3.8, 4) is 22.8 Å². The number of carbonyl (C=O) groups is 2. The monoisotopic (exact) mass is 638 g/mol. The molecule has 0 saturated carbocycles. The summed E-state index contributed by atoms with van der Waals surface area (Å²) in [6, 6.07) is 9.10. The second-order valence-corrected chi connectivity index (χ2v) is 11.7. The van der Waals surface area contributed by atoms with Gasteiger partial charge in [-0.05, 0) is 68.3 Å². The fourth-order valence-corrected chi connectivity index (χ4v) is 5.70. The van der Waals surface area contributed by atoms with Crippen molar-refractivity contribution in [2.75, 3.05) is 25.1 Å². The van der Waals surface area contributed by atoms with Crippen molar-refractivity contribution in [3.63, 3.8) is 0 Å². The third kappa shape index (κ3) is 5.34. The number of carbonyl (C=O) groups excluding carboxylic acids is 2. The van der Waals surface area contributed by atoms with E-state index >= 15 is 0 Å². The number of hydrogen-bond acceptors (Lipinski definition) is 7. The van der Waals surface area contributed by atoms with Gasteiger partial charge in [-0.1, -0.05) is 17.7 Å². The van der Waals surface area contributed by atoms with Gasteiger partial charge in [0.1, 0.15) is 41.6 Å². The Labute approximate surface area is 261 Å². The van der Waals surface area contributed by atoms with Crippen LogP contribution in [-0.2, 0) is 15.8 Å². The van der Waals surface area contributed by atoms with E-state index in [2.05, 4.69) is 15.6 Å². The summed E-state index contributed by atoms with van der Waals surface area (Å²) >= 11 is 0. The van der Waals surface area contributed by atoms with Crippen LogP contribution in [0.3, 0.4) is 0 Å². The summed E-state index contributed by atoms with van der Waals surface area (Å²) < 4.78 is 65.4. The van der Waals surface area contributed by atoms with Gasteiger partial charge in [-0.25, -0.2) is 13.8 Å². The van der Waals surface area contributed by atoms with Gasteiger partial charge in [0.25, 0.3) is 5.91 Å². The third-order valence-electron chi connectivity index (χ3n) is 8.67. The lowest BCUT2D eigenvalue weighted by atomic mass is 9.80. The summed E-state index contributed by atoms with van der Waals surface area (Å²) in [5.74, 6) is -2.36. The molecule has 46 heavy (non-hydrogen) atoms. The summed E-state index contributed by atoms with van der Waals surface area (Å²) in [5.41, 5.74) is 4.51. The zero-order valence-electron chi connectivity index (χ0n) is 24.8. The van der Waals surface area contributed by atoms with E-state index in [9.17, 15) is 32.3 Å². The maximum absolute atomic E-state index is 14.5. The topological polar surface area (TPSA) is 136 Å². The van der Waals surface area contributed by atoms with Crippen LogP contribution in [0.15, 0.2) is 59.7 Å². The fourth-order valence-electron chi connectivity index (χ4n) is 5.70. The first kappa shape index (κ1) is 31.1. The summed E-state index contributed by atoms with van der Waals surface area (Å²) in [7, 11) is 0. The quantitative estimate of drug-likeness (QED) is 0.186. The van der Waals surface area contributed by atoms with Crippen molar-refractivity contribution in [3.05, 3.63) is 87.9 Å². The van der Waals surface area contributed by atoms with Crippen LogP contribution in [-0.4, -0.2) is 54.4 Å². The number of halogens is 4. The highest BCUT2D eigenvalue weighted by Crippen LogP contribution is 2.48. The van der Waals surface area contributed by atoms with E-state index in [1.807, 2.05) is 13.8 Å². The molecule has 2 aromatic carbocycles. The number of nitrogens with zero attached hydrogens (tertiary/aromatic N) is 1. The zero-order chi connectivity index (χ0) is 33.0. The number of aromatic nitrogens is 1. The Morgan fingerprint density at radius 1 is 1.26 bits per heavy atom. The fraction of sp³-hybridized carbons (Fsp3) is 0.303. The van der Waals surface area contributed by atoms with Gasteiger partial charge in [-0.15, -0.1) is 0 Å². The highest BCUT2D eigenvalue weighted by atomic mass is 19.3. The van der Waals surface area contributed by atoms with Gasteiger partial charge in [0, 0.05) is 28.3 Å². The highest BCUT2D eigenvalue weighted by molar-refractivity contribution is 5.97. The van der Waals surface area contributed by atoms with Crippen molar-refractivity contribution in [1.29, 1.82) is 0 Å². The zero-order valence-corrected chi connectivity index (χ0v) is 24.8. The minimum absolute atomic E-state index is 0.00517. The Hall–Kier alpha value is -4.91. The van der Waals surface area contributed by atoms with Crippen molar-refractivity contribution in [2.45, 2.75) is 43.9 Å². The number of pyridine rings is 1. The van der Waals surface area contributed by atoms with E-state index in [0.29, 0.717) is 28.8 Å². The van der Waals surface area contributed by atoms with Crippen LogP contribution in [0.5, 0.6) is 11.5 Å². The molecule has 13 heteroatoms.